The number of nitrogens with zero attached hydrogens (tertiary/aromatic N) is 3. The molecule has 0 saturated carbocycles. The third-order valence-electron chi connectivity index (χ3n) is 4.80. The fraction of sp³-hybridized carbons (Fsp3) is 0.350. The zero-order valence-electron chi connectivity index (χ0n) is 14.9. The van der Waals surface area contributed by atoms with Gasteiger partial charge in [0, 0.05) is 44.0 Å². The van der Waals surface area contributed by atoms with Crippen LogP contribution in [-0.2, 0) is 17.8 Å². The summed E-state index contributed by atoms with van der Waals surface area (Å²) in [4.78, 5) is 27.3. The van der Waals surface area contributed by atoms with E-state index in [1.165, 1.54) is 24.6 Å². The van der Waals surface area contributed by atoms with E-state index < -0.39 is 4.92 Å². The molecule has 0 aromatic heterocycles. The van der Waals surface area contributed by atoms with E-state index in [1.54, 1.807) is 30.1 Å². The van der Waals surface area contributed by atoms with Crippen LogP contribution < -0.4 is 4.90 Å². The highest BCUT2D eigenvalue weighted by Crippen LogP contribution is 2.26. The van der Waals surface area contributed by atoms with Crippen LogP contribution in [0, 0.1) is 10.1 Å². The van der Waals surface area contributed by atoms with E-state index in [0.29, 0.717) is 12.1 Å². The van der Waals surface area contributed by atoms with Gasteiger partial charge in [-0.1, -0.05) is 36.4 Å². The Balaban J connectivity index is 1.72. The highest BCUT2D eigenvalue weighted by atomic mass is 16.6. The molecule has 0 aliphatic carbocycles. The fourth-order valence-corrected chi connectivity index (χ4v) is 3.39. The van der Waals surface area contributed by atoms with Crippen LogP contribution in [0.15, 0.2) is 48.5 Å². The molecular weight excluding hydrogens is 330 g/mol. The monoisotopic (exact) mass is 353 g/mol. The molecule has 0 radical (unpaired) electrons. The first-order chi connectivity index (χ1) is 12.6. The molecule has 1 saturated heterocycles. The van der Waals surface area contributed by atoms with Crippen molar-refractivity contribution in [3.05, 3.63) is 69.8 Å². The molecule has 3 rings (SSSR count). The SMILES string of the molecule is CN(Cc1ccccc1N1CCCC1)C(=O)Cc1ccccc1[N+](=O)[O-]. The van der Waals surface area contributed by atoms with Crippen molar-refractivity contribution in [2.45, 2.75) is 25.8 Å². The molecular formula is C20H23N3O3. The molecule has 0 bridgehead atoms. The smallest absolute Gasteiger partial charge is 0.273 e. The van der Waals surface area contributed by atoms with Crippen molar-refractivity contribution in [3.8, 4) is 0 Å². The molecule has 0 unspecified atom stereocenters. The highest BCUT2D eigenvalue weighted by Gasteiger charge is 2.20. The molecule has 6 heteroatoms. The predicted molar refractivity (Wildman–Crippen MR) is 101 cm³/mol. The Morgan fingerprint density at radius 3 is 2.38 bits per heavy atom. The third-order valence-corrected chi connectivity index (χ3v) is 4.80. The van der Waals surface area contributed by atoms with Crippen molar-refractivity contribution in [1.82, 2.24) is 4.90 Å². The number of para-hydroxylation sites is 2. The molecule has 1 amide bonds. The lowest BCUT2D eigenvalue weighted by Gasteiger charge is -2.24. The molecule has 0 atom stereocenters. The van der Waals surface area contributed by atoms with Crippen LogP contribution in [0.5, 0.6) is 0 Å². The van der Waals surface area contributed by atoms with Crippen LogP contribution in [0.25, 0.3) is 0 Å². The quantitative estimate of drug-likeness (QED) is 0.590. The van der Waals surface area contributed by atoms with Crippen molar-refractivity contribution in [3.63, 3.8) is 0 Å². The van der Waals surface area contributed by atoms with Crippen molar-refractivity contribution in [2.24, 2.45) is 0 Å². The van der Waals surface area contributed by atoms with Gasteiger partial charge in [-0.25, -0.2) is 0 Å². The summed E-state index contributed by atoms with van der Waals surface area (Å²) in [5.74, 6) is -0.129. The van der Waals surface area contributed by atoms with Crippen molar-refractivity contribution in [2.75, 3.05) is 25.0 Å². The summed E-state index contributed by atoms with van der Waals surface area (Å²) < 4.78 is 0. The number of carbonyl (C=O) groups is 1. The lowest BCUT2D eigenvalue weighted by Crippen LogP contribution is -2.29. The normalized spacial score (nSPS) is 13.7. The first kappa shape index (κ1) is 17.9. The van der Waals surface area contributed by atoms with Crippen LogP contribution in [0.1, 0.15) is 24.0 Å². The van der Waals surface area contributed by atoms with Crippen molar-refractivity contribution < 1.29 is 9.72 Å². The molecule has 2 aromatic rings. The van der Waals surface area contributed by atoms with Crippen LogP contribution in [-0.4, -0.2) is 35.9 Å². The largest absolute Gasteiger partial charge is 0.371 e. The second-order valence-corrected chi connectivity index (χ2v) is 6.64. The topological polar surface area (TPSA) is 66.7 Å². The average Bonchev–Trinajstić information content (AvgIpc) is 3.17. The van der Waals surface area contributed by atoms with Gasteiger partial charge in [-0.05, 0) is 24.5 Å². The number of benzene rings is 2. The highest BCUT2D eigenvalue weighted by molar-refractivity contribution is 5.80. The van der Waals surface area contributed by atoms with E-state index in [2.05, 4.69) is 11.0 Å². The standard InChI is InChI=1S/C20H23N3O3/c1-21(20(24)14-16-8-2-5-11-19(16)23(25)26)15-17-9-3-4-10-18(17)22-12-6-7-13-22/h2-5,8-11H,6-7,12-15H2,1H3. The number of hydrogen-bond donors (Lipinski definition) is 0. The molecule has 1 fully saturated rings. The number of hydrogen-bond acceptors (Lipinski definition) is 4. The van der Waals surface area contributed by atoms with E-state index in [-0.39, 0.29) is 18.0 Å². The number of anilines is 1. The maximum absolute atomic E-state index is 12.6. The second kappa shape index (κ2) is 7.99. The number of nitro groups is 1. The molecule has 1 heterocycles. The van der Waals surface area contributed by atoms with Gasteiger partial charge in [-0.3, -0.25) is 14.9 Å². The lowest BCUT2D eigenvalue weighted by molar-refractivity contribution is -0.385. The zero-order valence-corrected chi connectivity index (χ0v) is 14.9. The molecule has 136 valence electrons. The summed E-state index contributed by atoms with van der Waals surface area (Å²) in [6, 6.07) is 14.6. The number of amides is 1. The Bertz CT molecular complexity index is 800. The van der Waals surface area contributed by atoms with Gasteiger partial charge in [0.2, 0.25) is 5.91 Å². The number of nitro benzene ring substituents is 1. The molecule has 26 heavy (non-hydrogen) atoms. The Morgan fingerprint density at radius 1 is 1.08 bits per heavy atom. The van der Waals surface area contributed by atoms with E-state index in [4.69, 9.17) is 0 Å². The Kier molecular flexibility index (Phi) is 5.51. The fourth-order valence-electron chi connectivity index (χ4n) is 3.39. The summed E-state index contributed by atoms with van der Waals surface area (Å²) in [7, 11) is 1.75. The van der Waals surface area contributed by atoms with Gasteiger partial charge >= 0.3 is 0 Å². The number of carbonyl (C=O) groups excluding carboxylic acids is 1. The molecule has 2 aromatic carbocycles. The van der Waals surface area contributed by atoms with Crippen LogP contribution >= 0.6 is 0 Å². The van der Waals surface area contributed by atoms with Gasteiger partial charge in [0.25, 0.3) is 5.69 Å². The number of rotatable bonds is 6. The number of likely N-dealkylation sites (N-methyl/N-ethyl adjacent to an activating group) is 1. The van der Waals surface area contributed by atoms with E-state index in [9.17, 15) is 14.9 Å². The minimum Gasteiger partial charge on any atom is -0.371 e. The summed E-state index contributed by atoms with van der Waals surface area (Å²) in [5.41, 5.74) is 2.72. The van der Waals surface area contributed by atoms with E-state index >= 15 is 0 Å². The Morgan fingerprint density at radius 2 is 1.69 bits per heavy atom. The van der Waals surface area contributed by atoms with Crippen molar-refractivity contribution in [1.29, 1.82) is 0 Å². The Labute approximate surface area is 153 Å². The second-order valence-electron chi connectivity index (χ2n) is 6.64. The minimum absolute atomic E-state index is 0.00767. The van der Waals surface area contributed by atoms with Gasteiger partial charge < -0.3 is 9.80 Å². The zero-order chi connectivity index (χ0) is 18.5. The maximum Gasteiger partial charge on any atom is 0.273 e. The average molecular weight is 353 g/mol. The lowest BCUT2D eigenvalue weighted by atomic mass is 10.1. The van der Waals surface area contributed by atoms with E-state index in [1.807, 2.05) is 18.2 Å². The van der Waals surface area contributed by atoms with Crippen molar-refractivity contribution >= 4 is 17.3 Å². The van der Waals surface area contributed by atoms with Crippen LogP contribution in [0.3, 0.4) is 0 Å². The van der Waals surface area contributed by atoms with Crippen LogP contribution in [0.2, 0.25) is 0 Å². The predicted octanol–water partition coefficient (Wildman–Crippen LogP) is 3.40. The molecule has 1 aliphatic rings. The van der Waals surface area contributed by atoms with Gasteiger partial charge in [0.1, 0.15) is 0 Å². The van der Waals surface area contributed by atoms with Gasteiger partial charge in [-0.2, -0.15) is 0 Å². The van der Waals surface area contributed by atoms with E-state index in [0.717, 1.165) is 18.7 Å². The third kappa shape index (κ3) is 4.02. The van der Waals surface area contributed by atoms with Gasteiger partial charge in [0.05, 0.1) is 11.3 Å². The summed E-state index contributed by atoms with van der Waals surface area (Å²) >= 11 is 0. The maximum atomic E-state index is 12.6. The molecule has 0 N–H and O–H groups in total. The van der Waals surface area contributed by atoms with Crippen LogP contribution in [0.4, 0.5) is 11.4 Å². The van der Waals surface area contributed by atoms with Gasteiger partial charge in [0.15, 0.2) is 0 Å². The van der Waals surface area contributed by atoms with Gasteiger partial charge in [-0.15, -0.1) is 0 Å². The molecule has 1 aliphatic heterocycles. The summed E-state index contributed by atoms with van der Waals surface area (Å²) in [6.07, 6.45) is 2.42. The minimum atomic E-state index is -0.439. The summed E-state index contributed by atoms with van der Waals surface area (Å²) in [6.45, 7) is 2.59. The molecule has 0 spiro atoms. The first-order valence-electron chi connectivity index (χ1n) is 8.85. The summed E-state index contributed by atoms with van der Waals surface area (Å²) in [5, 5.41) is 11.1. The Hall–Kier alpha value is -2.89. The molecule has 6 nitrogen and oxygen atoms in total. The first-order valence-corrected chi connectivity index (χ1v) is 8.85.